The van der Waals surface area contributed by atoms with Crippen LogP contribution in [0.25, 0.3) is 5.69 Å². The van der Waals surface area contributed by atoms with Crippen molar-refractivity contribution in [3.05, 3.63) is 77.1 Å². The van der Waals surface area contributed by atoms with E-state index in [0.29, 0.717) is 29.1 Å². The number of rotatable bonds is 5. The highest BCUT2D eigenvalue weighted by atomic mass is 16.5. The number of nitrogens with zero attached hydrogens (tertiary/aromatic N) is 3. The van der Waals surface area contributed by atoms with Gasteiger partial charge in [0.15, 0.2) is 0 Å². The highest BCUT2D eigenvalue weighted by Gasteiger charge is 2.17. The van der Waals surface area contributed by atoms with Gasteiger partial charge in [0.1, 0.15) is 5.69 Å². The van der Waals surface area contributed by atoms with Crippen LogP contribution in [-0.2, 0) is 4.74 Å². The SMILES string of the molecule is CCOC(=O)c1ccc(-n2nncc2C(=O)c2ccc(C)cc2)cc1. The zero-order valence-corrected chi connectivity index (χ0v) is 14.0. The third kappa shape index (κ3) is 3.47. The fourth-order valence-electron chi connectivity index (χ4n) is 2.39. The van der Waals surface area contributed by atoms with Crippen LogP contribution in [0.5, 0.6) is 0 Å². The molecule has 0 amide bonds. The summed E-state index contributed by atoms with van der Waals surface area (Å²) < 4.78 is 6.42. The second-order valence-corrected chi connectivity index (χ2v) is 5.49. The standard InChI is InChI=1S/C19H17N3O3/c1-3-25-19(24)15-8-10-16(11-9-15)22-17(12-20-21-22)18(23)14-6-4-13(2)5-7-14/h4-12H,3H2,1-2H3. The molecular weight excluding hydrogens is 318 g/mol. The van der Waals surface area contributed by atoms with Crippen molar-refractivity contribution in [2.45, 2.75) is 13.8 Å². The first-order chi connectivity index (χ1) is 12.1. The predicted octanol–water partition coefficient (Wildman–Crippen LogP) is 2.98. The Bertz CT molecular complexity index is 896. The molecule has 0 radical (unpaired) electrons. The third-order valence-corrected chi connectivity index (χ3v) is 3.72. The number of ether oxygens (including phenoxy) is 1. The Morgan fingerprint density at radius 3 is 2.28 bits per heavy atom. The fraction of sp³-hybridized carbons (Fsp3) is 0.158. The molecule has 3 rings (SSSR count). The van der Waals surface area contributed by atoms with Gasteiger partial charge >= 0.3 is 5.97 Å². The molecule has 3 aromatic rings. The maximum absolute atomic E-state index is 12.7. The van der Waals surface area contributed by atoms with Gasteiger partial charge in [-0.25, -0.2) is 9.48 Å². The molecule has 1 aromatic heterocycles. The maximum Gasteiger partial charge on any atom is 0.338 e. The van der Waals surface area contributed by atoms with Crippen molar-refractivity contribution in [1.82, 2.24) is 15.0 Å². The molecule has 0 unspecified atom stereocenters. The second kappa shape index (κ2) is 7.09. The van der Waals surface area contributed by atoms with Crippen molar-refractivity contribution in [2.75, 3.05) is 6.61 Å². The lowest BCUT2D eigenvalue weighted by Gasteiger charge is -2.07. The Kier molecular flexibility index (Phi) is 4.70. The molecule has 0 saturated heterocycles. The fourth-order valence-corrected chi connectivity index (χ4v) is 2.39. The van der Waals surface area contributed by atoms with Gasteiger partial charge in [-0.15, -0.1) is 5.10 Å². The number of hydrogen-bond acceptors (Lipinski definition) is 5. The number of aryl methyl sites for hydroxylation is 1. The molecule has 0 aliphatic carbocycles. The molecule has 0 saturated carbocycles. The quantitative estimate of drug-likeness (QED) is 0.529. The molecule has 0 N–H and O–H groups in total. The smallest absolute Gasteiger partial charge is 0.338 e. The average molecular weight is 335 g/mol. The molecule has 0 spiro atoms. The summed E-state index contributed by atoms with van der Waals surface area (Å²) in [7, 11) is 0. The topological polar surface area (TPSA) is 74.1 Å². The van der Waals surface area contributed by atoms with Crippen molar-refractivity contribution in [3.63, 3.8) is 0 Å². The summed E-state index contributed by atoms with van der Waals surface area (Å²) in [5, 5.41) is 7.84. The van der Waals surface area contributed by atoms with Crippen molar-refractivity contribution < 1.29 is 14.3 Å². The van der Waals surface area contributed by atoms with Crippen molar-refractivity contribution >= 4 is 11.8 Å². The van der Waals surface area contributed by atoms with E-state index in [2.05, 4.69) is 10.3 Å². The van der Waals surface area contributed by atoms with Crippen LogP contribution < -0.4 is 0 Å². The number of benzene rings is 2. The minimum atomic E-state index is -0.386. The second-order valence-electron chi connectivity index (χ2n) is 5.49. The first-order valence-corrected chi connectivity index (χ1v) is 7.89. The number of ketones is 1. The molecule has 0 aliphatic rings. The number of carbonyl (C=O) groups excluding carboxylic acids is 2. The highest BCUT2D eigenvalue weighted by Crippen LogP contribution is 2.15. The lowest BCUT2D eigenvalue weighted by atomic mass is 10.1. The summed E-state index contributed by atoms with van der Waals surface area (Å²) in [5.74, 6) is -0.553. The van der Waals surface area contributed by atoms with Gasteiger partial charge in [-0.05, 0) is 38.1 Å². The van der Waals surface area contributed by atoms with Crippen molar-refractivity contribution in [1.29, 1.82) is 0 Å². The molecule has 0 bridgehead atoms. The molecule has 6 heteroatoms. The summed E-state index contributed by atoms with van der Waals surface area (Å²) in [5.41, 5.74) is 3.08. The maximum atomic E-state index is 12.7. The molecular formula is C19H17N3O3. The third-order valence-electron chi connectivity index (χ3n) is 3.72. The van der Waals surface area contributed by atoms with E-state index in [1.165, 1.54) is 10.9 Å². The van der Waals surface area contributed by atoms with E-state index < -0.39 is 0 Å². The van der Waals surface area contributed by atoms with Crippen LogP contribution in [0, 0.1) is 6.92 Å². The van der Waals surface area contributed by atoms with Gasteiger partial charge in [-0.2, -0.15) is 0 Å². The molecule has 126 valence electrons. The monoisotopic (exact) mass is 335 g/mol. The van der Waals surface area contributed by atoms with Gasteiger partial charge in [0, 0.05) is 5.56 Å². The summed E-state index contributed by atoms with van der Waals surface area (Å²) in [4.78, 5) is 24.4. The molecule has 0 fully saturated rings. The van der Waals surface area contributed by atoms with Gasteiger partial charge in [-0.1, -0.05) is 35.0 Å². The lowest BCUT2D eigenvalue weighted by Crippen LogP contribution is -2.10. The van der Waals surface area contributed by atoms with E-state index in [1.807, 2.05) is 19.1 Å². The van der Waals surface area contributed by atoms with Gasteiger partial charge in [-0.3, -0.25) is 4.79 Å². The molecule has 0 aliphatic heterocycles. The molecule has 2 aromatic carbocycles. The normalized spacial score (nSPS) is 10.5. The van der Waals surface area contributed by atoms with Crippen LogP contribution in [0.1, 0.15) is 38.9 Å². The van der Waals surface area contributed by atoms with E-state index in [-0.39, 0.29) is 11.8 Å². The van der Waals surface area contributed by atoms with Crippen LogP contribution >= 0.6 is 0 Å². The van der Waals surface area contributed by atoms with E-state index in [0.717, 1.165) is 5.56 Å². The van der Waals surface area contributed by atoms with Crippen LogP contribution in [0.4, 0.5) is 0 Å². The zero-order chi connectivity index (χ0) is 17.8. The molecule has 0 atom stereocenters. The van der Waals surface area contributed by atoms with Gasteiger partial charge in [0.2, 0.25) is 5.78 Å². The summed E-state index contributed by atoms with van der Waals surface area (Å²) in [6.07, 6.45) is 1.43. The lowest BCUT2D eigenvalue weighted by molar-refractivity contribution is 0.0526. The number of aromatic nitrogens is 3. The Labute approximate surface area is 145 Å². The largest absolute Gasteiger partial charge is 0.462 e. The first kappa shape index (κ1) is 16.6. The first-order valence-electron chi connectivity index (χ1n) is 7.89. The predicted molar refractivity (Wildman–Crippen MR) is 91.9 cm³/mol. The van der Waals surface area contributed by atoms with E-state index >= 15 is 0 Å². The minimum Gasteiger partial charge on any atom is -0.462 e. The number of hydrogen-bond donors (Lipinski definition) is 0. The summed E-state index contributed by atoms with van der Waals surface area (Å²) >= 11 is 0. The Balaban J connectivity index is 1.90. The molecule has 1 heterocycles. The summed E-state index contributed by atoms with van der Waals surface area (Å²) in [6, 6.07) is 14.0. The van der Waals surface area contributed by atoms with Crippen molar-refractivity contribution in [2.24, 2.45) is 0 Å². The average Bonchev–Trinajstić information content (AvgIpc) is 3.12. The van der Waals surface area contributed by atoms with Gasteiger partial charge in [0.05, 0.1) is 24.1 Å². The van der Waals surface area contributed by atoms with Crippen LogP contribution in [0.3, 0.4) is 0 Å². The van der Waals surface area contributed by atoms with Gasteiger partial charge in [0.25, 0.3) is 0 Å². The van der Waals surface area contributed by atoms with E-state index in [1.54, 1.807) is 43.3 Å². The van der Waals surface area contributed by atoms with Crippen LogP contribution in [0.15, 0.2) is 54.7 Å². The Morgan fingerprint density at radius 2 is 1.64 bits per heavy atom. The van der Waals surface area contributed by atoms with Gasteiger partial charge < -0.3 is 4.74 Å². The minimum absolute atomic E-state index is 0.167. The van der Waals surface area contributed by atoms with E-state index in [9.17, 15) is 9.59 Å². The summed E-state index contributed by atoms with van der Waals surface area (Å²) in [6.45, 7) is 4.04. The molecule has 25 heavy (non-hydrogen) atoms. The Hall–Kier alpha value is -3.28. The molecule has 6 nitrogen and oxygen atoms in total. The van der Waals surface area contributed by atoms with E-state index in [4.69, 9.17) is 4.74 Å². The van der Waals surface area contributed by atoms with Crippen LogP contribution in [0.2, 0.25) is 0 Å². The zero-order valence-electron chi connectivity index (χ0n) is 14.0. The highest BCUT2D eigenvalue weighted by molar-refractivity contribution is 6.08. The Morgan fingerprint density at radius 1 is 1.00 bits per heavy atom. The van der Waals surface area contributed by atoms with Crippen LogP contribution in [-0.4, -0.2) is 33.4 Å². The van der Waals surface area contributed by atoms with Crippen molar-refractivity contribution in [3.8, 4) is 5.69 Å². The number of carbonyl (C=O) groups is 2. The number of esters is 1.